The minimum atomic E-state index is 0. The number of nitrogens with zero attached hydrogens (tertiary/aromatic N) is 2. The Balaban J connectivity index is 0.00000264. The molecule has 0 amide bonds. The van der Waals surface area contributed by atoms with Crippen molar-refractivity contribution in [3.8, 4) is 0 Å². The van der Waals surface area contributed by atoms with E-state index in [-0.39, 0.29) is 24.0 Å². The Morgan fingerprint density at radius 1 is 1.39 bits per heavy atom. The van der Waals surface area contributed by atoms with Gasteiger partial charge in [-0.05, 0) is 54.7 Å². The van der Waals surface area contributed by atoms with Crippen molar-refractivity contribution in [1.29, 1.82) is 0 Å². The largest absolute Gasteiger partial charge is 0.357 e. The molecule has 0 saturated heterocycles. The molecule has 1 aliphatic rings. The number of hydrogen-bond acceptors (Lipinski definition) is 3. The number of halogens is 1. The summed E-state index contributed by atoms with van der Waals surface area (Å²) in [5.74, 6) is 1.74. The molecule has 0 radical (unpaired) electrons. The second kappa shape index (κ2) is 10.5. The first kappa shape index (κ1) is 20.7. The molecule has 23 heavy (non-hydrogen) atoms. The van der Waals surface area contributed by atoms with Crippen LogP contribution in [0.15, 0.2) is 21.8 Å². The number of guanidine groups is 1. The Morgan fingerprint density at radius 3 is 2.57 bits per heavy atom. The van der Waals surface area contributed by atoms with Crippen molar-refractivity contribution < 1.29 is 0 Å². The van der Waals surface area contributed by atoms with Crippen molar-refractivity contribution in [3.05, 3.63) is 22.4 Å². The summed E-state index contributed by atoms with van der Waals surface area (Å²) in [6, 6.07) is 3.20. The fraction of sp³-hybridized carbons (Fsp3) is 0.706. The lowest BCUT2D eigenvalue weighted by molar-refractivity contribution is 0.224. The highest BCUT2D eigenvalue weighted by atomic mass is 127. The Morgan fingerprint density at radius 2 is 2.09 bits per heavy atom. The second-order valence-corrected chi connectivity index (χ2v) is 6.76. The highest BCUT2D eigenvalue weighted by molar-refractivity contribution is 14.0. The Labute approximate surface area is 162 Å². The maximum Gasteiger partial charge on any atom is 0.191 e. The molecule has 1 heterocycles. The van der Waals surface area contributed by atoms with Gasteiger partial charge in [0.05, 0.1) is 12.6 Å². The predicted molar refractivity (Wildman–Crippen MR) is 112 cm³/mol. The summed E-state index contributed by atoms with van der Waals surface area (Å²) >= 11 is 1.77. The van der Waals surface area contributed by atoms with Crippen molar-refractivity contribution in [3.63, 3.8) is 0 Å². The summed E-state index contributed by atoms with van der Waals surface area (Å²) in [5.41, 5.74) is 1.38. The Hall–Kier alpha value is -0.340. The predicted octanol–water partition coefficient (Wildman–Crippen LogP) is 3.71. The van der Waals surface area contributed by atoms with Crippen LogP contribution in [0.25, 0.3) is 0 Å². The third kappa shape index (κ3) is 6.23. The molecule has 4 nitrogen and oxygen atoms in total. The van der Waals surface area contributed by atoms with Crippen LogP contribution in [0.2, 0.25) is 0 Å². The molecule has 1 fully saturated rings. The van der Waals surface area contributed by atoms with Gasteiger partial charge in [0.25, 0.3) is 0 Å². The minimum Gasteiger partial charge on any atom is -0.357 e. The molecule has 3 unspecified atom stereocenters. The van der Waals surface area contributed by atoms with E-state index in [0.29, 0.717) is 12.1 Å². The molecule has 132 valence electrons. The molecule has 0 spiro atoms. The van der Waals surface area contributed by atoms with Crippen molar-refractivity contribution in [2.75, 3.05) is 26.2 Å². The first-order valence-corrected chi connectivity index (χ1v) is 9.44. The SMILES string of the molecule is CCNC(=NCC(c1ccsc1)N(CC)CC)NC1CC1C.I. The zero-order valence-corrected chi connectivity index (χ0v) is 17.9. The molecule has 1 saturated carbocycles. The normalized spacial score (nSPS) is 21.7. The first-order valence-electron chi connectivity index (χ1n) is 8.50. The minimum absolute atomic E-state index is 0. The molecule has 1 aliphatic carbocycles. The number of thiophene rings is 1. The second-order valence-electron chi connectivity index (χ2n) is 5.98. The van der Waals surface area contributed by atoms with Crippen molar-refractivity contribution in [2.45, 2.75) is 46.2 Å². The van der Waals surface area contributed by atoms with Crippen LogP contribution in [0.3, 0.4) is 0 Å². The van der Waals surface area contributed by atoms with E-state index in [4.69, 9.17) is 4.99 Å². The Kier molecular flexibility index (Phi) is 9.46. The summed E-state index contributed by atoms with van der Waals surface area (Å²) in [6.45, 7) is 12.7. The number of rotatable bonds is 8. The van der Waals surface area contributed by atoms with Crippen LogP contribution in [0.4, 0.5) is 0 Å². The lowest BCUT2D eigenvalue weighted by atomic mass is 10.1. The molecule has 0 bridgehead atoms. The van der Waals surface area contributed by atoms with Crippen LogP contribution in [0, 0.1) is 5.92 Å². The van der Waals surface area contributed by atoms with Gasteiger partial charge in [0.15, 0.2) is 5.96 Å². The van der Waals surface area contributed by atoms with E-state index in [0.717, 1.165) is 38.1 Å². The van der Waals surface area contributed by atoms with Crippen LogP contribution in [0.1, 0.15) is 45.7 Å². The average Bonchev–Trinajstić information content (AvgIpc) is 2.99. The van der Waals surface area contributed by atoms with E-state index in [1.54, 1.807) is 11.3 Å². The maximum absolute atomic E-state index is 4.86. The summed E-state index contributed by atoms with van der Waals surface area (Å²) < 4.78 is 0. The molecule has 1 aromatic rings. The highest BCUT2D eigenvalue weighted by Gasteiger charge is 2.33. The monoisotopic (exact) mass is 450 g/mol. The molecule has 0 aromatic carbocycles. The van der Waals surface area contributed by atoms with Gasteiger partial charge in [-0.25, -0.2) is 0 Å². The van der Waals surface area contributed by atoms with Crippen LogP contribution >= 0.6 is 35.3 Å². The van der Waals surface area contributed by atoms with E-state index in [1.807, 2.05) is 0 Å². The summed E-state index contributed by atoms with van der Waals surface area (Å²) in [6.07, 6.45) is 1.26. The molecule has 2 rings (SSSR count). The zero-order valence-electron chi connectivity index (χ0n) is 14.7. The highest BCUT2D eigenvalue weighted by Crippen LogP contribution is 2.29. The van der Waals surface area contributed by atoms with Crippen molar-refractivity contribution in [1.82, 2.24) is 15.5 Å². The fourth-order valence-corrected chi connectivity index (χ4v) is 3.46. The lowest BCUT2D eigenvalue weighted by Gasteiger charge is -2.28. The van der Waals surface area contributed by atoms with Gasteiger partial charge in [0, 0.05) is 12.6 Å². The number of nitrogens with one attached hydrogen (secondary N) is 2. The van der Waals surface area contributed by atoms with Gasteiger partial charge in [-0.2, -0.15) is 11.3 Å². The van der Waals surface area contributed by atoms with E-state index >= 15 is 0 Å². The van der Waals surface area contributed by atoms with Crippen LogP contribution in [0.5, 0.6) is 0 Å². The first-order chi connectivity index (χ1) is 10.7. The summed E-state index contributed by atoms with van der Waals surface area (Å²) in [5, 5.41) is 11.3. The van der Waals surface area contributed by atoms with Gasteiger partial charge < -0.3 is 10.6 Å². The summed E-state index contributed by atoms with van der Waals surface area (Å²) in [7, 11) is 0. The quantitative estimate of drug-likeness (QED) is 0.361. The third-order valence-electron chi connectivity index (χ3n) is 4.38. The van der Waals surface area contributed by atoms with E-state index in [2.05, 4.69) is 60.1 Å². The smallest absolute Gasteiger partial charge is 0.191 e. The molecular weight excluding hydrogens is 419 g/mol. The standard InChI is InChI=1S/C17H30N4S.HI/c1-5-18-17(20-15-10-13(15)4)19-11-16(21(6-2)7-3)14-8-9-22-12-14;/h8-9,12-13,15-16H,5-7,10-11H2,1-4H3,(H2,18,19,20);1H. The number of aliphatic imine (C=N–C) groups is 1. The van der Waals surface area contributed by atoms with Crippen LogP contribution in [-0.4, -0.2) is 43.1 Å². The van der Waals surface area contributed by atoms with Gasteiger partial charge >= 0.3 is 0 Å². The van der Waals surface area contributed by atoms with E-state index in [9.17, 15) is 0 Å². The molecule has 0 aliphatic heterocycles. The van der Waals surface area contributed by atoms with Gasteiger partial charge in [0.2, 0.25) is 0 Å². The summed E-state index contributed by atoms with van der Waals surface area (Å²) in [4.78, 5) is 7.34. The van der Waals surface area contributed by atoms with Crippen molar-refractivity contribution >= 4 is 41.3 Å². The maximum atomic E-state index is 4.86. The van der Waals surface area contributed by atoms with Gasteiger partial charge in [-0.3, -0.25) is 9.89 Å². The molecule has 3 atom stereocenters. The number of hydrogen-bond donors (Lipinski definition) is 2. The molecule has 2 N–H and O–H groups in total. The number of likely N-dealkylation sites (N-methyl/N-ethyl adjacent to an activating group) is 1. The van der Waals surface area contributed by atoms with E-state index in [1.165, 1.54) is 12.0 Å². The van der Waals surface area contributed by atoms with E-state index < -0.39 is 0 Å². The fourth-order valence-electron chi connectivity index (χ4n) is 2.76. The Bertz CT molecular complexity index is 459. The third-order valence-corrected chi connectivity index (χ3v) is 5.08. The van der Waals surface area contributed by atoms with Gasteiger partial charge in [-0.15, -0.1) is 24.0 Å². The average molecular weight is 450 g/mol. The van der Waals surface area contributed by atoms with Crippen LogP contribution < -0.4 is 10.6 Å². The molecular formula is C17H31IN4S. The molecule has 6 heteroatoms. The van der Waals surface area contributed by atoms with Crippen molar-refractivity contribution in [2.24, 2.45) is 10.9 Å². The molecule has 1 aromatic heterocycles. The van der Waals surface area contributed by atoms with Gasteiger partial charge in [-0.1, -0.05) is 20.8 Å². The topological polar surface area (TPSA) is 39.7 Å². The van der Waals surface area contributed by atoms with Crippen LogP contribution in [-0.2, 0) is 0 Å². The zero-order chi connectivity index (χ0) is 15.9. The lowest BCUT2D eigenvalue weighted by Crippen LogP contribution is -2.40. The van der Waals surface area contributed by atoms with Gasteiger partial charge in [0.1, 0.15) is 0 Å².